The van der Waals surface area contributed by atoms with Crippen LogP contribution in [0, 0.1) is 11.8 Å². The van der Waals surface area contributed by atoms with Gasteiger partial charge in [-0.25, -0.2) is 0 Å². The summed E-state index contributed by atoms with van der Waals surface area (Å²) in [5, 5.41) is 9.16. The fraction of sp³-hybridized carbons (Fsp3) is 0.731. The van der Waals surface area contributed by atoms with Gasteiger partial charge in [0.1, 0.15) is 12.6 Å². The monoisotopic (exact) mass is 492 g/mol. The third kappa shape index (κ3) is 5.08. The Balaban J connectivity index is 1.91. The second kappa shape index (κ2) is 12.2. The first-order valence-electron chi connectivity index (χ1n) is 12.7. The molecular formula is C26H40N2O5S. The SMILES string of the molecule is C=CCOC(=O)[C@@H]1[C@H]2C(=O)N(CCCCCO)C(C(=O)N(CC=C)CCCCC)C23CC[C@H]1S3. The van der Waals surface area contributed by atoms with Gasteiger partial charge in [0.15, 0.2) is 0 Å². The van der Waals surface area contributed by atoms with Crippen LogP contribution >= 0.6 is 11.8 Å². The quantitative estimate of drug-likeness (QED) is 0.215. The normalized spacial score (nSPS) is 29.2. The zero-order chi connectivity index (χ0) is 24.7. The maximum absolute atomic E-state index is 14.0. The average molecular weight is 493 g/mol. The number of fused-ring (bicyclic) bond motifs is 1. The van der Waals surface area contributed by atoms with Crippen LogP contribution in [0.5, 0.6) is 0 Å². The van der Waals surface area contributed by atoms with Crippen LogP contribution in [0.2, 0.25) is 0 Å². The lowest BCUT2D eigenvalue weighted by atomic mass is 9.71. The zero-order valence-electron chi connectivity index (χ0n) is 20.5. The predicted molar refractivity (Wildman–Crippen MR) is 134 cm³/mol. The molecule has 3 aliphatic rings. The van der Waals surface area contributed by atoms with E-state index in [4.69, 9.17) is 9.84 Å². The number of hydrogen-bond acceptors (Lipinski definition) is 6. The summed E-state index contributed by atoms with van der Waals surface area (Å²) < 4.78 is 4.81. The van der Waals surface area contributed by atoms with E-state index in [0.29, 0.717) is 26.1 Å². The van der Waals surface area contributed by atoms with Gasteiger partial charge in [-0.05, 0) is 38.5 Å². The van der Waals surface area contributed by atoms with Gasteiger partial charge in [0.2, 0.25) is 11.8 Å². The fourth-order valence-electron chi connectivity index (χ4n) is 5.92. The Labute approximate surface area is 208 Å². The Bertz CT molecular complexity index is 774. The Hall–Kier alpha value is -1.80. The summed E-state index contributed by atoms with van der Waals surface area (Å²) in [5.74, 6) is -1.51. The molecule has 5 atom stereocenters. The molecule has 8 heteroatoms. The van der Waals surface area contributed by atoms with Crippen LogP contribution in [0.1, 0.15) is 58.3 Å². The number of unbranched alkanes of at least 4 members (excludes halogenated alkanes) is 4. The van der Waals surface area contributed by atoms with Crippen molar-refractivity contribution in [1.82, 2.24) is 9.80 Å². The molecule has 3 saturated heterocycles. The molecule has 3 fully saturated rings. The molecule has 34 heavy (non-hydrogen) atoms. The number of aliphatic hydroxyl groups excluding tert-OH is 1. The van der Waals surface area contributed by atoms with E-state index in [1.165, 1.54) is 6.08 Å². The van der Waals surface area contributed by atoms with Gasteiger partial charge in [0.25, 0.3) is 0 Å². The number of likely N-dealkylation sites (tertiary alicyclic amines) is 1. The van der Waals surface area contributed by atoms with Crippen LogP contribution in [0.4, 0.5) is 0 Å². The van der Waals surface area contributed by atoms with Crippen molar-refractivity contribution in [3.05, 3.63) is 25.3 Å². The minimum atomic E-state index is -0.585. The van der Waals surface area contributed by atoms with Crippen LogP contribution in [0.15, 0.2) is 25.3 Å². The number of aliphatic hydroxyl groups is 1. The summed E-state index contributed by atoms with van der Waals surface area (Å²) in [4.78, 5) is 44.5. The number of carbonyl (C=O) groups excluding carboxylic acids is 3. The molecule has 0 aromatic heterocycles. The molecule has 3 heterocycles. The van der Waals surface area contributed by atoms with Crippen molar-refractivity contribution < 1.29 is 24.2 Å². The first kappa shape index (κ1) is 26.8. The molecule has 2 bridgehead atoms. The van der Waals surface area contributed by atoms with Crippen LogP contribution in [-0.4, -0.2) is 81.6 Å². The summed E-state index contributed by atoms with van der Waals surface area (Å²) in [6.07, 6.45) is 10.0. The molecular weight excluding hydrogens is 452 g/mol. The molecule has 0 aromatic rings. The lowest BCUT2D eigenvalue weighted by Crippen LogP contribution is -2.55. The highest BCUT2D eigenvalue weighted by molar-refractivity contribution is 8.02. The van der Waals surface area contributed by atoms with Gasteiger partial charge >= 0.3 is 5.97 Å². The molecule has 3 aliphatic heterocycles. The molecule has 1 spiro atoms. The van der Waals surface area contributed by atoms with E-state index in [2.05, 4.69) is 20.1 Å². The van der Waals surface area contributed by atoms with Crippen molar-refractivity contribution in [2.75, 3.05) is 32.8 Å². The van der Waals surface area contributed by atoms with Crippen LogP contribution < -0.4 is 0 Å². The maximum atomic E-state index is 14.0. The number of rotatable bonds is 15. The first-order valence-corrected chi connectivity index (χ1v) is 13.6. The topological polar surface area (TPSA) is 87.1 Å². The van der Waals surface area contributed by atoms with Gasteiger partial charge in [-0.15, -0.1) is 18.3 Å². The molecule has 0 aliphatic carbocycles. The molecule has 0 aromatic carbocycles. The van der Waals surface area contributed by atoms with Crippen molar-refractivity contribution in [2.45, 2.75) is 74.3 Å². The Morgan fingerprint density at radius 3 is 2.71 bits per heavy atom. The van der Waals surface area contributed by atoms with Crippen molar-refractivity contribution in [2.24, 2.45) is 11.8 Å². The molecule has 0 saturated carbocycles. The van der Waals surface area contributed by atoms with Crippen LogP contribution in [0.25, 0.3) is 0 Å². The molecule has 1 N–H and O–H groups in total. The number of thioether (sulfide) groups is 1. The first-order chi connectivity index (χ1) is 16.5. The molecule has 190 valence electrons. The van der Waals surface area contributed by atoms with E-state index in [0.717, 1.165) is 44.9 Å². The summed E-state index contributed by atoms with van der Waals surface area (Å²) in [7, 11) is 0. The molecule has 7 nitrogen and oxygen atoms in total. The highest BCUT2D eigenvalue weighted by Gasteiger charge is 2.74. The smallest absolute Gasteiger partial charge is 0.311 e. The number of amides is 2. The van der Waals surface area contributed by atoms with E-state index < -0.39 is 22.6 Å². The molecule has 2 amide bonds. The van der Waals surface area contributed by atoms with E-state index >= 15 is 0 Å². The minimum absolute atomic E-state index is 0.00560. The predicted octanol–water partition coefficient (Wildman–Crippen LogP) is 3.17. The Morgan fingerprint density at radius 1 is 1.24 bits per heavy atom. The Morgan fingerprint density at radius 2 is 2.03 bits per heavy atom. The average Bonchev–Trinajstić information content (AvgIpc) is 3.47. The number of ether oxygens (including phenoxy) is 1. The van der Waals surface area contributed by atoms with E-state index in [1.54, 1.807) is 22.7 Å². The van der Waals surface area contributed by atoms with Gasteiger partial charge in [0, 0.05) is 31.5 Å². The van der Waals surface area contributed by atoms with Crippen molar-refractivity contribution >= 4 is 29.5 Å². The second-order valence-corrected chi connectivity index (χ2v) is 11.2. The van der Waals surface area contributed by atoms with Gasteiger partial charge in [-0.2, -0.15) is 0 Å². The third-order valence-electron chi connectivity index (χ3n) is 7.40. The number of carbonyl (C=O) groups is 3. The summed E-state index contributed by atoms with van der Waals surface area (Å²) in [6.45, 7) is 11.4. The van der Waals surface area contributed by atoms with Crippen LogP contribution in [-0.2, 0) is 19.1 Å². The molecule has 3 rings (SSSR count). The highest BCUT2D eigenvalue weighted by Crippen LogP contribution is 2.66. The minimum Gasteiger partial charge on any atom is -0.461 e. The van der Waals surface area contributed by atoms with E-state index in [1.807, 2.05) is 4.90 Å². The third-order valence-corrected chi connectivity index (χ3v) is 9.35. The van der Waals surface area contributed by atoms with Gasteiger partial charge in [-0.3, -0.25) is 14.4 Å². The van der Waals surface area contributed by atoms with Gasteiger partial charge in [-0.1, -0.05) is 38.5 Å². The standard InChI is InChI=1S/C26H40N2O5S/c1-4-7-9-15-27(14-5-2)24(31)22-26-13-12-19(34-26)20(25(32)33-18-6-3)21(26)23(30)28(22)16-10-8-11-17-29/h5-6,19-22,29H,2-4,7-18H2,1H3/t19-,20+,21+,22?,26?/m1/s1. The molecule has 0 radical (unpaired) electrons. The second-order valence-electron chi connectivity index (χ2n) is 9.57. The number of nitrogens with zero attached hydrogens (tertiary/aromatic N) is 2. The van der Waals surface area contributed by atoms with Gasteiger partial charge in [0.05, 0.1) is 16.6 Å². The lowest BCUT2D eigenvalue weighted by molar-refractivity contribution is -0.153. The summed E-state index contributed by atoms with van der Waals surface area (Å²) >= 11 is 1.67. The van der Waals surface area contributed by atoms with Gasteiger partial charge < -0.3 is 19.6 Å². The van der Waals surface area contributed by atoms with E-state index in [-0.39, 0.29) is 36.2 Å². The van der Waals surface area contributed by atoms with E-state index in [9.17, 15) is 14.4 Å². The Kier molecular flexibility index (Phi) is 9.65. The highest BCUT2D eigenvalue weighted by atomic mass is 32.2. The zero-order valence-corrected chi connectivity index (χ0v) is 21.3. The number of hydrogen-bond donors (Lipinski definition) is 1. The van der Waals surface area contributed by atoms with Crippen molar-refractivity contribution in [1.29, 1.82) is 0 Å². The van der Waals surface area contributed by atoms with Crippen LogP contribution in [0.3, 0.4) is 0 Å². The summed E-state index contributed by atoms with van der Waals surface area (Å²) in [5.41, 5.74) is 0. The fourth-order valence-corrected chi connectivity index (χ4v) is 8.12. The summed E-state index contributed by atoms with van der Waals surface area (Å²) in [6, 6.07) is -0.576. The van der Waals surface area contributed by atoms with Crippen molar-refractivity contribution in [3.8, 4) is 0 Å². The maximum Gasteiger partial charge on any atom is 0.311 e. The lowest BCUT2D eigenvalue weighted by Gasteiger charge is -2.37. The number of esters is 1. The largest absolute Gasteiger partial charge is 0.461 e. The van der Waals surface area contributed by atoms with Crippen molar-refractivity contribution in [3.63, 3.8) is 0 Å². The molecule has 2 unspecified atom stereocenters.